The van der Waals surface area contributed by atoms with E-state index in [1.54, 1.807) is 30.3 Å². The normalized spacial score (nSPS) is 10.4. The number of anilines is 1. The van der Waals surface area contributed by atoms with E-state index in [-0.39, 0.29) is 12.5 Å². The molecule has 0 bridgehead atoms. The molecule has 0 aliphatic rings. The van der Waals surface area contributed by atoms with E-state index in [9.17, 15) is 18.8 Å². The summed E-state index contributed by atoms with van der Waals surface area (Å²) in [6.45, 7) is -0.0350. The van der Waals surface area contributed by atoms with Gasteiger partial charge in [0.1, 0.15) is 17.3 Å². The zero-order chi connectivity index (χ0) is 21.0. The SMILES string of the molecule is CNC(=O)c1cc2cc(NC(=O)C(=O)NCc3cc(F)cc(OC)c3)ccc2[nH]1. The standard InChI is InChI=1S/C20H19FN4O4/c1-22-18(26)17-8-12-7-14(3-4-16(12)25-17)24-20(28)19(27)23-10-11-5-13(21)9-15(6-11)29-2/h3-9,25H,10H2,1-2H3,(H,22,26)(H,23,27)(H,24,28). The zero-order valence-corrected chi connectivity index (χ0v) is 15.8. The van der Waals surface area contributed by atoms with Crippen molar-refractivity contribution in [3.63, 3.8) is 0 Å². The maximum absolute atomic E-state index is 13.5. The van der Waals surface area contributed by atoms with Gasteiger partial charge in [-0.1, -0.05) is 0 Å². The Bertz CT molecular complexity index is 1090. The summed E-state index contributed by atoms with van der Waals surface area (Å²) in [6.07, 6.45) is 0. The van der Waals surface area contributed by atoms with Crippen molar-refractivity contribution in [2.45, 2.75) is 6.54 Å². The fraction of sp³-hybridized carbons (Fsp3) is 0.150. The van der Waals surface area contributed by atoms with E-state index in [2.05, 4.69) is 20.9 Å². The smallest absolute Gasteiger partial charge is 0.313 e. The third-order valence-corrected chi connectivity index (χ3v) is 4.18. The van der Waals surface area contributed by atoms with Crippen LogP contribution in [-0.2, 0) is 16.1 Å². The molecule has 1 aromatic heterocycles. The second kappa shape index (κ2) is 8.42. The van der Waals surface area contributed by atoms with Crippen molar-refractivity contribution in [2.75, 3.05) is 19.5 Å². The number of aromatic nitrogens is 1. The van der Waals surface area contributed by atoms with Crippen LogP contribution in [0.4, 0.5) is 10.1 Å². The summed E-state index contributed by atoms with van der Waals surface area (Å²) in [5, 5.41) is 8.14. The molecule has 9 heteroatoms. The molecule has 3 rings (SSSR count). The number of halogens is 1. The molecular weight excluding hydrogens is 379 g/mol. The van der Waals surface area contributed by atoms with Crippen molar-refractivity contribution >= 4 is 34.3 Å². The monoisotopic (exact) mass is 398 g/mol. The minimum Gasteiger partial charge on any atom is -0.497 e. The molecule has 29 heavy (non-hydrogen) atoms. The van der Waals surface area contributed by atoms with Crippen LogP contribution in [0.3, 0.4) is 0 Å². The lowest BCUT2D eigenvalue weighted by Crippen LogP contribution is -2.34. The molecule has 0 atom stereocenters. The van der Waals surface area contributed by atoms with Gasteiger partial charge in [-0.05, 0) is 42.0 Å². The largest absolute Gasteiger partial charge is 0.497 e. The molecule has 8 nitrogen and oxygen atoms in total. The first-order valence-corrected chi connectivity index (χ1v) is 8.67. The Balaban J connectivity index is 1.64. The van der Waals surface area contributed by atoms with E-state index in [4.69, 9.17) is 4.74 Å². The molecule has 1 heterocycles. The number of methoxy groups -OCH3 is 1. The topological polar surface area (TPSA) is 112 Å². The van der Waals surface area contributed by atoms with Gasteiger partial charge in [0.15, 0.2) is 0 Å². The highest BCUT2D eigenvalue weighted by molar-refractivity contribution is 6.39. The molecule has 4 N–H and O–H groups in total. The number of benzene rings is 2. The maximum atomic E-state index is 13.5. The molecule has 0 fully saturated rings. The van der Waals surface area contributed by atoms with Gasteiger partial charge in [-0.15, -0.1) is 0 Å². The Morgan fingerprint density at radius 3 is 2.59 bits per heavy atom. The number of H-pyrrole nitrogens is 1. The van der Waals surface area contributed by atoms with E-state index in [1.807, 2.05) is 0 Å². The lowest BCUT2D eigenvalue weighted by atomic mass is 10.2. The fourth-order valence-electron chi connectivity index (χ4n) is 2.76. The highest BCUT2D eigenvalue weighted by atomic mass is 19.1. The second-order valence-corrected chi connectivity index (χ2v) is 6.20. The van der Waals surface area contributed by atoms with Gasteiger partial charge in [0.2, 0.25) is 0 Å². The summed E-state index contributed by atoms with van der Waals surface area (Å²) < 4.78 is 18.5. The average molecular weight is 398 g/mol. The number of aromatic amines is 1. The summed E-state index contributed by atoms with van der Waals surface area (Å²) >= 11 is 0. The third-order valence-electron chi connectivity index (χ3n) is 4.18. The van der Waals surface area contributed by atoms with Gasteiger partial charge in [0, 0.05) is 36.2 Å². The predicted molar refractivity (Wildman–Crippen MR) is 105 cm³/mol. The molecule has 0 saturated carbocycles. The Kier molecular flexibility index (Phi) is 5.77. The molecule has 0 unspecified atom stereocenters. The van der Waals surface area contributed by atoms with Gasteiger partial charge in [0.05, 0.1) is 7.11 Å². The lowest BCUT2D eigenvalue weighted by molar-refractivity contribution is -0.136. The number of amides is 3. The first kappa shape index (κ1) is 19.9. The van der Waals surface area contributed by atoms with Gasteiger partial charge >= 0.3 is 11.8 Å². The first-order chi connectivity index (χ1) is 13.9. The van der Waals surface area contributed by atoms with Crippen molar-refractivity contribution in [1.82, 2.24) is 15.6 Å². The van der Waals surface area contributed by atoms with E-state index in [0.29, 0.717) is 33.6 Å². The van der Waals surface area contributed by atoms with Gasteiger partial charge in [-0.2, -0.15) is 0 Å². The predicted octanol–water partition coefficient (Wildman–Crippen LogP) is 1.93. The third kappa shape index (κ3) is 4.70. The number of carbonyl (C=O) groups excluding carboxylic acids is 3. The molecule has 150 valence electrons. The van der Waals surface area contributed by atoms with Gasteiger partial charge in [-0.25, -0.2) is 4.39 Å². The molecule has 2 aromatic carbocycles. The van der Waals surface area contributed by atoms with Crippen LogP contribution < -0.4 is 20.7 Å². The number of hydrogen-bond donors (Lipinski definition) is 4. The molecule has 3 amide bonds. The minimum absolute atomic E-state index is 0.0350. The summed E-state index contributed by atoms with van der Waals surface area (Å²) in [5.74, 6) is -2.19. The van der Waals surface area contributed by atoms with E-state index < -0.39 is 17.6 Å². The van der Waals surface area contributed by atoms with Crippen molar-refractivity contribution in [1.29, 1.82) is 0 Å². The number of rotatable bonds is 5. The Morgan fingerprint density at radius 2 is 1.86 bits per heavy atom. The number of carbonyl (C=O) groups is 3. The number of ether oxygens (including phenoxy) is 1. The summed E-state index contributed by atoms with van der Waals surface area (Å²) in [4.78, 5) is 38.8. The maximum Gasteiger partial charge on any atom is 0.313 e. The minimum atomic E-state index is -0.867. The molecule has 3 aromatic rings. The number of nitrogens with one attached hydrogen (secondary N) is 4. The molecule has 0 saturated heterocycles. The number of fused-ring (bicyclic) bond motifs is 1. The average Bonchev–Trinajstić information content (AvgIpc) is 3.14. The van der Waals surface area contributed by atoms with Crippen molar-refractivity contribution in [3.8, 4) is 5.75 Å². The molecule has 0 spiro atoms. The van der Waals surface area contributed by atoms with Crippen LogP contribution in [0.25, 0.3) is 10.9 Å². The van der Waals surface area contributed by atoms with Gasteiger partial charge in [0.25, 0.3) is 5.91 Å². The van der Waals surface area contributed by atoms with Gasteiger partial charge < -0.3 is 25.7 Å². The summed E-state index contributed by atoms with van der Waals surface area (Å²) in [5.41, 5.74) is 1.95. The van der Waals surface area contributed by atoms with Crippen molar-refractivity contribution < 1.29 is 23.5 Å². The van der Waals surface area contributed by atoms with Crippen LogP contribution in [0, 0.1) is 5.82 Å². The Morgan fingerprint density at radius 1 is 1.07 bits per heavy atom. The van der Waals surface area contributed by atoms with Crippen LogP contribution in [0.2, 0.25) is 0 Å². The summed E-state index contributed by atoms with van der Waals surface area (Å²) in [6, 6.07) is 10.6. The molecule has 0 aliphatic heterocycles. The van der Waals surface area contributed by atoms with E-state index >= 15 is 0 Å². The molecule has 0 radical (unpaired) electrons. The Hall–Kier alpha value is -3.88. The van der Waals surface area contributed by atoms with Crippen LogP contribution in [-0.4, -0.2) is 36.9 Å². The quantitative estimate of drug-likeness (QED) is 0.492. The summed E-state index contributed by atoms with van der Waals surface area (Å²) in [7, 11) is 2.93. The highest BCUT2D eigenvalue weighted by Crippen LogP contribution is 2.20. The fourth-order valence-corrected chi connectivity index (χ4v) is 2.76. The number of hydrogen-bond acceptors (Lipinski definition) is 4. The van der Waals surface area contributed by atoms with Crippen LogP contribution in [0.1, 0.15) is 16.1 Å². The second-order valence-electron chi connectivity index (χ2n) is 6.20. The van der Waals surface area contributed by atoms with E-state index in [0.717, 1.165) is 0 Å². The molecule has 0 aliphatic carbocycles. The van der Waals surface area contributed by atoms with E-state index in [1.165, 1.54) is 26.3 Å². The van der Waals surface area contributed by atoms with Crippen LogP contribution >= 0.6 is 0 Å². The highest BCUT2D eigenvalue weighted by Gasteiger charge is 2.15. The van der Waals surface area contributed by atoms with Crippen LogP contribution in [0.5, 0.6) is 5.75 Å². The molecular formula is C20H19FN4O4. The Labute approximate surface area is 165 Å². The van der Waals surface area contributed by atoms with Crippen molar-refractivity contribution in [2.24, 2.45) is 0 Å². The zero-order valence-electron chi connectivity index (χ0n) is 15.8. The first-order valence-electron chi connectivity index (χ1n) is 8.67. The van der Waals surface area contributed by atoms with Crippen LogP contribution in [0.15, 0.2) is 42.5 Å². The lowest BCUT2D eigenvalue weighted by Gasteiger charge is -2.08. The van der Waals surface area contributed by atoms with Crippen molar-refractivity contribution in [3.05, 3.63) is 59.5 Å². The van der Waals surface area contributed by atoms with Gasteiger partial charge in [-0.3, -0.25) is 14.4 Å².